The normalized spacial score (nSPS) is 11.2. The Labute approximate surface area is 171 Å². The van der Waals surface area contributed by atoms with Gasteiger partial charge in [-0.25, -0.2) is 0 Å². The van der Waals surface area contributed by atoms with E-state index >= 15 is 0 Å². The van der Waals surface area contributed by atoms with E-state index in [1.807, 2.05) is 17.5 Å². The van der Waals surface area contributed by atoms with E-state index < -0.39 is 0 Å². The molecule has 0 aliphatic carbocycles. The highest BCUT2D eigenvalue weighted by Gasteiger charge is 2.10. The first kappa shape index (κ1) is 19.0. The first-order valence-electron chi connectivity index (χ1n) is 9.72. The van der Waals surface area contributed by atoms with Crippen molar-refractivity contribution in [2.75, 3.05) is 31.8 Å². The van der Waals surface area contributed by atoms with Crippen molar-refractivity contribution in [3.05, 3.63) is 78.1 Å². The summed E-state index contributed by atoms with van der Waals surface area (Å²) in [6.07, 6.45) is 1.76. The zero-order valence-corrected chi connectivity index (χ0v) is 17.1. The quantitative estimate of drug-likeness (QED) is 0.501. The molecule has 0 amide bonds. The van der Waals surface area contributed by atoms with E-state index in [9.17, 15) is 0 Å². The zero-order valence-electron chi connectivity index (χ0n) is 17.1. The summed E-state index contributed by atoms with van der Waals surface area (Å²) in [6, 6.07) is 21.1. The third kappa shape index (κ3) is 4.07. The van der Waals surface area contributed by atoms with Crippen LogP contribution in [0.4, 0.5) is 11.5 Å². The van der Waals surface area contributed by atoms with Gasteiger partial charge in [-0.3, -0.25) is 4.40 Å². The van der Waals surface area contributed by atoms with Gasteiger partial charge in [-0.1, -0.05) is 42.5 Å². The molecule has 4 aromatic rings. The molecule has 2 N–H and O–H groups in total. The minimum absolute atomic E-state index is 0.711. The van der Waals surface area contributed by atoms with Crippen LogP contribution in [0.3, 0.4) is 0 Å². The number of aromatic nitrogens is 3. The molecule has 2 heterocycles. The molecule has 6 heteroatoms. The summed E-state index contributed by atoms with van der Waals surface area (Å²) in [5.41, 5.74) is 6.67. The summed E-state index contributed by atoms with van der Waals surface area (Å²) in [5.74, 6) is 0.962. The second-order valence-corrected chi connectivity index (χ2v) is 7.35. The number of fused-ring (bicyclic) bond motifs is 1. The maximum absolute atomic E-state index is 4.37. The molecule has 0 atom stereocenters. The Balaban J connectivity index is 1.60. The van der Waals surface area contributed by atoms with Gasteiger partial charge >= 0.3 is 0 Å². The number of nitrogens with one attached hydrogen (secondary N) is 2. The summed E-state index contributed by atoms with van der Waals surface area (Å²) in [7, 11) is 6.10. The minimum atomic E-state index is 0.711. The first-order chi connectivity index (χ1) is 14.2. The van der Waals surface area contributed by atoms with E-state index in [4.69, 9.17) is 0 Å². The van der Waals surface area contributed by atoms with Crippen LogP contribution in [-0.2, 0) is 13.1 Å². The van der Waals surface area contributed by atoms with Gasteiger partial charge in [0.2, 0.25) is 0 Å². The van der Waals surface area contributed by atoms with Gasteiger partial charge in [0.25, 0.3) is 0 Å². The van der Waals surface area contributed by atoms with Gasteiger partial charge in [0.15, 0.2) is 5.65 Å². The van der Waals surface area contributed by atoms with E-state index in [0.717, 1.165) is 34.8 Å². The molecule has 2 aromatic heterocycles. The summed E-state index contributed by atoms with van der Waals surface area (Å²) >= 11 is 0. The third-order valence-corrected chi connectivity index (χ3v) is 4.97. The Kier molecular flexibility index (Phi) is 5.44. The maximum Gasteiger partial charge on any atom is 0.170 e. The van der Waals surface area contributed by atoms with Crippen molar-refractivity contribution in [2.45, 2.75) is 13.1 Å². The smallest absolute Gasteiger partial charge is 0.170 e. The summed E-state index contributed by atoms with van der Waals surface area (Å²) in [4.78, 5) is 2.17. The molecule has 0 unspecified atom stereocenters. The number of para-hydroxylation sites is 1. The van der Waals surface area contributed by atoms with E-state index in [1.54, 1.807) is 6.33 Å². The van der Waals surface area contributed by atoms with Gasteiger partial charge in [-0.2, -0.15) is 0 Å². The number of nitrogens with zero attached hydrogens (tertiary/aromatic N) is 4. The van der Waals surface area contributed by atoms with Crippen molar-refractivity contribution in [1.29, 1.82) is 0 Å². The van der Waals surface area contributed by atoms with Crippen LogP contribution >= 0.6 is 0 Å². The predicted octanol–water partition coefficient (Wildman–Crippen LogP) is 4.11. The molecule has 0 saturated carbocycles. The Morgan fingerprint density at radius 2 is 1.76 bits per heavy atom. The van der Waals surface area contributed by atoms with Crippen LogP contribution < -0.4 is 10.6 Å². The number of rotatable bonds is 7. The number of pyridine rings is 1. The van der Waals surface area contributed by atoms with Gasteiger partial charge in [-0.05, 0) is 49.0 Å². The van der Waals surface area contributed by atoms with Crippen molar-refractivity contribution in [1.82, 2.24) is 19.5 Å². The molecule has 0 saturated heterocycles. The highest BCUT2D eigenvalue weighted by atomic mass is 15.3. The minimum Gasteiger partial charge on any atom is -0.388 e. The van der Waals surface area contributed by atoms with Crippen molar-refractivity contribution in [2.24, 2.45) is 0 Å². The molecule has 6 nitrogen and oxygen atoms in total. The summed E-state index contributed by atoms with van der Waals surface area (Å²) in [5, 5.41) is 15.3. The van der Waals surface area contributed by atoms with Crippen LogP contribution in [0.2, 0.25) is 0 Å². The Hall–Kier alpha value is -3.38. The van der Waals surface area contributed by atoms with Crippen molar-refractivity contribution < 1.29 is 0 Å². The average Bonchev–Trinajstić information content (AvgIpc) is 3.23. The predicted molar refractivity (Wildman–Crippen MR) is 119 cm³/mol. The molecule has 2 aromatic carbocycles. The SMILES string of the molecule is CNc1ccccc1CNc1ccc(-c2ccc(CN(C)C)cc2)c2nncn12. The topological polar surface area (TPSA) is 57.5 Å². The third-order valence-electron chi connectivity index (χ3n) is 4.97. The molecule has 0 bridgehead atoms. The van der Waals surface area contributed by atoms with Crippen LogP contribution in [0.1, 0.15) is 11.1 Å². The molecular weight excluding hydrogens is 360 g/mol. The lowest BCUT2D eigenvalue weighted by Crippen LogP contribution is -2.10. The van der Waals surface area contributed by atoms with Crippen molar-refractivity contribution in [3.8, 4) is 11.1 Å². The highest BCUT2D eigenvalue weighted by molar-refractivity contribution is 5.79. The first-order valence-corrected chi connectivity index (χ1v) is 9.72. The largest absolute Gasteiger partial charge is 0.388 e. The highest BCUT2D eigenvalue weighted by Crippen LogP contribution is 2.27. The van der Waals surface area contributed by atoms with E-state index in [2.05, 4.69) is 94.4 Å². The van der Waals surface area contributed by atoms with E-state index in [0.29, 0.717) is 6.54 Å². The molecule has 0 aliphatic rings. The Bertz CT molecular complexity index is 1100. The van der Waals surface area contributed by atoms with Gasteiger partial charge in [-0.15, -0.1) is 10.2 Å². The van der Waals surface area contributed by atoms with Crippen molar-refractivity contribution in [3.63, 3.8) is 0 Å². The average molecular weight is 387 g/mol. The zero-order chi connectivity index (χ0) is 20.2. The van der Waals surface area contributed by atoms with Gasteiger partial charge in [0.05, 0.1) is 0 Å². The van der Waals surface area contributed by atoms with Crippen LogP contribution in [-0.4, -0.2) is 40.6 Å². The number of anilines is 2. The molecule has 0 radical (unpaired) electrons. The fraction of sp³-hybridized carbons (Fsp3) is 0.217. The Morgan fingerprint density at radius 1 is 0.966 bits per heavy atom. The van der Waals surface area contributed by atoms with Crippen LogP contribution in [0.15, 0.2) is 67.0 Å². The molecule has 29 heavy (non-hydrogen) atoms. The molecule has 0 spiro atoms. The van der Waals surface area contributed by atoms with Crippen molar-refractivity contribution >= 4 is 17.2 Å². The fourth-order valence-corrected chi connectivity index (χ4v) is 3.54. The number of hydrogen-bond acceptors (Lipinski definition) is 5. The monoisotopic (exact) mass is 386 g/mol. The summed E-state index contributed by atoms with van der Waals surface area (Å²) in [6.45, 7) is 1.64. The summed E-state index contributed by atoms with van der Waals surface area (Å²) < 4.78 is 2.01. The maximum atomic E-state index is 4.37. The molecule has 4 rings (SSSR count). The second kappa shape index (κ2) is 8.32. The van der Waals surface area contributed by atoms with E-state index in [1.165, 1.54) is 11.1 Å². The number of benzene rings is 2. The van der Waals surface area contributed by atoms with Crippen LogP contribution in [0.25, 0.3) is 16.8 Å². The Morgan fingerprint density at radius 3 is 2.52 bits per heavy atom. The lowest BCUT2D eigenvalue weighted by molar-refractivity contribution is 0.402. The van der Waals surface area contributed by atoms with E-state index in [-0.39, 0.29) is 0 Å². The molecule has 0 aliphatic heterocycles. The van der Waals surface area contributed by atoms with Gasteiger partial charge in [0, 0.05) is 31.4 Å². The fourth-order valence-electron chi connectivity index (χ4n) is 3.54. The lowest BCUT2D eigenvalue weighted by Gasteiger charge is -2.14. The lowest BCUT2D eigenvalue weighted by atomic mass is 10.0. The second-order valence-electron chi connectivity index (χ2n) is 7.35. The number of hydrogen-bond donors (Lipinski definition) is 2. The molecule has 148 valence electrons. The van der Waals surface area contributed by atoms with Crippen LogP contribution in [0, 0.1) is 0 Å². The van der Waals surface area contributed by atoms with Gasteiger partial charge < -0.3 is 15.5 Å². The standard InChI is InChI=1S/C23H26N6/c1-24-21-7-5-4-6-19(21)14-25-22-13-12-20(23-27-26-16-29(22)23)18-10-8-17(9-11-18)15-28(2)3/h4-13,16,24-25H,14-15H2,1-3H3. The molecule has 0 fully saturated rings. The molecular formula is C23H26N6. The van der Waals surface area contributed by atoms with Gasteiger partial charge in [0.1, 0.15) is 12.1 Å². The van der Waals surface area contributed by atoms with Crippen LogP contribution in [0.5, 0.6) is 0 Å².